The molecule has 176 valence electrons. The number of sulfonamides is 1. The highest BCUT2D eigenvalue weighted by atomic mass is 32.2. The summed E-state index contributed by atoms with van der Waals surface area (Å²) in [5.74, 6) is 0.499. The topological polar surface area (TPSA) is 93.5 Å². The van der Waals surface area contributed by atoms with E-state index in [2.05, 4.69) is 15.7 Å². The van der Waals surface area contributed by atoms with Gasteiger partial charge in [-0.1, -0.05) is 17.7 Å². The molecule has 0 bridgehead atoms. The molecule has 2 aromatic rings. The van der Waals surface area contributed by atoms with E-state index < -0.39 is 16.1 Å². The van der Waals surface area contributed by atoms with Crippen molar-refractivity contribution in [3.63, 3.8) is 0 Å². The number of carbonyl (C=O) groups is 1. The Bertz CT molecular complexity index is 1080. The van der Waals surface area contributed by atoms with E-state index in [0.717, 1.165) is 24.2 Å². The number of benzene rings is 2. The number of amides is 1. The van der Waals surface area contributed by atoms with Crippen LogP contribution in [0.15, 0.2) is 53.4 Å². The molecule has 0 aromatic heterocycles. The Morgan fingerprint density at radius 3 is 2.42 bits per heavy atom. The van der Waals surface area contributed by atoms with Gasteiger partial charge >= 0.3 is 0 Å². The molecule has 1 fully saturated rings. The lowest BCUT2D eigenvalue weighted by molar-refractivity contribution is -0.132. The minimum Gasteiger partial charge on any atom is -0.370 e. The Hall–Kier alpha value is -2.54. The van der Waals surface area contributed by atoms with Gasteiger partial charge in [-0.15, -0.1) is 0 Å². The van der Waals surface area contributed by atoms with Crippen LogP contribution in [0, 0.1) is 18.3 Å². The molecule has 0 aliphatic carbocycles. The number of thioether (sulfide) groups is 1. The maximum Gasteiger partial charge on any atom is 0.241 e. The predicted octanol–water partition coefficient (Wildman–Crippen LogP) is 3.01. The van der Waals surface area contributed by atoms with Gasteiger partial charge in [0.25, 0.3) is 0 Å². The molecule has 2 aromatic carbocycles. The average Bonchev–Trinajstić information content (AvgIpc) is 3.08. The molecular formula is C24H30N4O3S2. The largest absolute Gasteiger partial charge is 0.370 e. The van der Waals surface area contributed by atoms with Crippen molar-refractivity contribution in [3.05, 3.63) is 59.7 Å². The van der Waals surface area contributed by atoms with Gasteiger partial charge in [0.05, 0.1) is 16.5 Å². The van der Waals surface area contributed by atoms with E-state index in [1.165, 1.54) is 0 Å². The van der Waals surface area contributed by atoms with Crippen molar-refractivity contribution in [2.24, 2.45) is 0 Å². The van der Waals surface area contributed by atoms with E-state index in [0.29, 0.717) is 37.4 Å². The molecule has 7 nitrogen and oxygen atoms in total. The third-order valence-corrected chi connectivity index (χ3v) is 7.84. The molecule has 1 amide bonds. The first-order valence-electron chi connectivity index (χ1n) is 11.0. The van der Waals surface area contributed by atoms with E-state index in [-0.39, 0.29) is 10.8 Å². The smallest absolute Gasteiger partial charge is 0.241 e. The van der Waals surface area contributed by atoms with Crippen LogP contribution in [0.3, 0.4) is 0 Å². The van der Waals surface area contributed by atoms with Crippen molar-refractivity contribution < 1.29 is 13.2 Å². The number of rotatable bonds is 8. The molecule has 3 rings (SSSR count). The third kappa shape index (κ3) is 6.73. The van der Waals surface area contributed by atoms with E-state index in [1.54, 1.807) is 53.1 Å². The maximum absolute atomic E-state index is 13.4. The molecule has 0 radical (unpaired) electrons. The minimum absolute atomic E-state index is 0.165. The maximum atomic E-state index is 13.4. The summed E-state index contributed by atoms with van der Waals surface area (Å²) in [4.78, 5) is 17.5. The van der Waals surface area contributed by atoms with Crippen LogP contribution in [0.4, 0.5) is 5.69 Å². The zero-order valence-corrected chi connectivity index (χ0v) is 20.7. The predicted molar refractivity (Wildman–Crippen MR) is 133 cm³/mol. The first kappa shape index (κ1) is 25.1. The summed E-state index contributed by atoms with van der Waals surface area (Å²) in [6.07, 6.45) is 3.16. The highest BCUT2D eigenvalue weighted by Gasteiger charge is 2.30. The summed E-state index contributed by atoms with van der Waals surface area (Å²) in [6, 6.07) is 15.4. The number of nitriles is 1. The molecule has 33 heavy (non-hydrogen) atoms. The average molecular weight is 487 g/mol. The second kappa shape index (κ2) is 11.5. The number of nitrogens with one attached hydrogen (secondary N) is 1. The Kier molecular flexibility index (Phi) is 8.78. The molecule has 9 heteroatoms. The second-order valence-corrected chi connectivity index (χ2v) is 10.8. The van der Waals surface area contributed by atoms with E-state index in [4.69, 9.17) is 5.26 Å². The van der Waals surface area contributed by atoms with Gasteiger partial charge in [0.1, 0.15) is 6.04 Å². The van der Waals surface area contributed by atoms with Gasteiger partial charge < -0.3 is 9.80 Å². The molecule has 0 spiro atoms. The minimum atomic E-state index is -3.80. The highest BCUT2D eigenvalue weighted by Crippen LogP contribution is 2.19. The first-order valence-corrected chi connectivity index (χ1v) is 13.8. The van der Waals surface area contributed by atoms with Gasteiger partial charge in [0, 0.05) is 31.9 Å². The van der Waals surface area contributed by atoms with Gasteiger partial charge in [0.15, 0.2) is 0 Å². The summed E-state index contributed by atoms with van der Waals surface area (Å²) in [5, 5.41) is 9.00. The van der Waals surface area contributed by atoms with Crippen LogP contribution in [-0.2, 0) is 14.8 Å². The van der Waals surface area contributed by atoms with Crippen LogP contribution in [0.2, 0.25) is 0 Å². The summed E-state index contributed by atoms with van der Waals surface area (Å²) in [6.45, 7) is 4.43. The van der Waals surface area contributed by atoms with Crippen molar-refractivity contribution in [2.45, 2.75) is 30.7 Å². The van der Waals surface area contributed by atoms with Gasteiger partial charge in [-0.2, -0.15) is 21.7 Å². The van der Waals surface area contributed by atoms with Crippen LogP contribution < -0.4 is 9.62 Å². The zero-order chi connectivity index (χ0) is 23.8. The molecule has 1 unspecified atom stereocenters. The van der Waals surface area contributed by atoms with Crippen LogP contribution in [0.1, 0.15) is 24.0 Å². The van der Waals surface area contributed by atoms with Crippen molar-refractivity contribution in [2.75, 3.05) is 43.1 Å². The molecule has 1 aliphatic heterocycles. The fraction of sp³-hybridized carbons (Fsp3) is 0.417. The number of hydrogen-bond acceptors (Lipinski definition) is 6. The van der Waals surface area contributed by atoms with Gasteiger partial charge in [-0.3, -0.25) is 4.79 Å². The van der Waals surface area contributed by atoms with Crippen molar-refractivity contribution >= 4 is 33.4 Å². The van der Waals surface area contributed by atoms with Crippen LogP contribution in [-0.4, -0.2) is 63.5 Å². The number of nitrogens with zero attached hydrogens (tertiary/aromatic N) is 3. The molecule has 1 heterocycles. The molecule has 0 saturated carbocycles. The lowest BCUT2D eigenvalue weighted by Crippen LogP contribution is -2.49. The number of anilines is 1. The van der Waals surface area contributed by atoms with Gasteiger partial charge in [0.2, 0.25) is 15.9 Å². The first-order chi connectivity index (χ1) is 15.8. The summed E-state index contributed by atoms with van der Waals surface area (Å²) < 4.78 is 28.5. The van der Waals surface area contributed by atoms with E-state index in [9.17, 15) is 13.2 Å². The number of aryl methyl sites for hydroxylation is 1. The molecular weight excluding hydrogens is 456 g/mol. The zero-order valence-electron chi connectivity index (χ0n) is 19.0. The van der Waals surface area contributed by atoms with Crippen molar-refractivity contribution in [3.8, 4) is 6.07 Å². The summed E-state index contributed by atoms with van der Waals surface area (Å²) in [7, 11) is -3.80. The Labute approximate surface area is 200 Å². The Morgan fingerprint density at radius 1 is 1.09 bits per heavy atom. The van der Waals surface area contributed by atoms with E-state index in [1.807, 2.05) is 25.3 Å². The normalized spacial score (nSPS) is 15.5. The Morgan fingerprint density at radius 2 is 1.79 bits per heavy atom. The quantitative estimate of drug-likeness (QED) is 0.617. The standard InChI is InChI=1S/C24H30N4O3S2/c1-19-4-10-22(11-5-19)33(30,31)26-23(12-17-32-2)24(29)28-14-3-13-27(15-16-28)21-8-6-20(18-25)7-9-21/h4-11,23,26H,3,12-17H2,1-2H3. The monoisotopic (exact) mass is 486 g/mol. The number of carbonyl (C=O) groups excluding carboxylic acids is 1. The third-order valence-electron chi connectivity index (χ3n) is 5.71. The molecule has 1 saturated heterocycles. The SMILES string of the molecule is CSCCC(NS(=O)(=O)c1ccc(C)cc1)C(=O)N1CCCN(c2ccc(C#N)cc2)CC1. The van der Waals surface area contributed by atoms with Crippen LogP contribution >= 0.6 is 11.8 Å². The fourth-order valence-electron chi connectivity index (χ4n) is 3.80. The van der Waals surface area contributed by atoms with Gasteiger partial charge in [-0.25, -0.2) is 8.42 Å². The Balaban J connectivity index is 1.70. The lowest BCUT2D eigenvalue weighted by Gasteiger charge is -2.27. The van der Waals surface area contributed by atoms with Crippen molar-refractivity contribution in [1.82, 2.24) is 9.62 Å². The molecule has 1 atom stereocenters. The lowest BCUT2D eigenvalue weighted by atomic mass is 10.2. The van der Waals surface area contributed by atoms with Gasteiger partial charge in [-0.05, 0) is 68.2 Å². The second-order valence-electron chi connectivity index (χ2n) is 8.09. The van der Waals surface area contributed by atoms with E-state index >= 15 is 0 Å². The molecule has 1 N–H and O–H groups in total. The van der Waals surface area contributed by atoms with Crippen molar-refractivity contribution in [1.29, 1.82) is 5.26 Å². The molecule has 1 aliphatic rings. The summed E-state index contributed by atoms with van der Waals surface area (Å²) in [5.41, 5.74) is 2.60. The summed E-state index contributed by atoms with van der Waals surface area (Å²) >= 11 is 1.59. The van der Waals surface area contributed by atoms with Crippen LogP contribution in [0.25, 0.3) is 0 Å². The van der Waals surface area contributed by atoms with Crippen LogP contribution in [0.5, 0.6) is 0 Å². The highest BCUT2D eigenvalue weighted by molar-refractivity contribution is 7.98. The fourth-order valence-corrected chi connectivity index (χ4v) is 5.50. The number of hydrogen-bond donors (Lipinski definition) is 1.